The van der Waals surface area contributed by atoms with Gasteiger partial charge in [-0.25, -0.2) is 0 Å². The molecule has 1 rings (SSSR count). The first-order valence-electron chi connectivity index (χ1n) is 7.32. The third-order valence-electron chi connectivity index (χ3n) is 3.97. The molecule has 0 heterocycles. The summed E-state index contributed by atoms with van der Waals surface area (Å²) < 4.78 is 0. The van der Waals surface area contributed by atoms with E-state index >= 15 is 0 Å². The molecule has 104 valence electrons. The lowest BCUT2D eigenvalue weighted by Gasteiger charge is -2.40. The average molecular weight is 268 g/mol. The summed E-state index contributed by atoms with van der Waals surface area (Å²) in [6.07, 6.45) is 7.38. The topological polar surface area (TPSA) is 27.0 Å². The monoisotopic (exact) mass is 268 g/mol. The number of rotatable bonds is 7. The van der Waals surface area contributed by atoms with Crippen molar-refractivity contribution < 1.29 is 0 Å². The molecular weight excluding hydrogens is 240 g/mol. The molecule has 0 aromatic heterocycles. The number of nitrogens with zero attached hydrogens (tertiary/aromatic N) is 2. The van der Waals surface area contributed by atoms with Crippen molar-refractivity contribution in [3.8, 4) is 6.07 Å². The fraction of sp³-hybridized carbons (Fsp3) is 0.933. The molecule has 1 aliphatic carbocycles. The molecule has 3 heteroatoms. The van der Waals surface area contributed by atoms with Crippen molar-refractivity contribution in [2.24, 2.45) is 11.3 Å². The lowest BCUT2D eigenvalue weighted by atomic mass is 9.75. The normalized spacial score (nSPS) is 19.1. The van der Waals surface area contributed by atoms with Crippen LogP contribution in [-0.2, 0) is 0 Å². The van der Waals surface area contributed by atoms with Crippen molar-refractivity contribution in [1.82, 2.24) is 4.90 Å². The molecule has 0 aromatic rings. The Balaban J connectivity index is 2.58. The fourth-order valence-electron chi connectivity index (χ4n) is 3.10. The van der Waals surface area contributed by atoms with Crippen LogP contribution in [0.15, 0.2) is 0 Å². The van der Waals surface area contributed by atoms with E-state index in [0.717, 1.165) is 25.4 Å². The van der Waals surface area contributed by atoms with Gasteiger partial charge in [0, 0.05) is 26.1 Å². The minimum atomic E-state index is 0.408. The Labute approximate surface area is 118 Å². The molecule has 1 fully saturated rings. The Morgan fingerprint density at radius 2 is 1.94 bits per heavy atom. The molecule has 0 aliphatic heterocycles. The molecule has 0 spiro atoms. The molecule has 0 aromatic carbocycles. The van der Waals surface area contributed by atoms with Crippen LogP contribution in [0.1, 0.15) is 52.4 Å². The van der Waals surface area contributed by atoms with E-state index in [1.165, 1.54) is 32.1 Å². The Morgan fingerprint density at radius 3 is 2.44 bits per heavy atom. The van der Waals surface area contributed by atoms with Crippen molar-refractivity contribution in [3.63, 3.8) is 0 Å². The Hall–Kier alpha value is -0.200. The largest absolute Gasteiger partial charge is 0.301 e. The highest BCUT2D eigenvalue weighted by Gasteiger charge is 2.32. The molecule has 1 aliphatic rings. The van der Waals surface area contributed by atoms with Gasteiger partial charge in [-0.2, -0.15) is 17.9 Å². The molecule has 0 unspecified atom stereocenters. The Morgan fingerprint density at radius 1 is 1.28 bits per heavy atom. The highest BCUT2D eigenvalue weighted by molar-refractivity contribution is 7.80. The van der Waals surface area contributed by atoms with Crippen molar-refractivity contribution in [2.75, 3.05) is 25.4 Å². The van der Waals surface area contributed by atoms with Crippen LogP contribution in [0.2, 0.25) is 0 Å². The molecule has 2 nitrogen and oxygen atoms in total. The SMILES string of the molecule is CC(C)CN(CCC#N)CC1(CS)CCCCC1. The first-order chi connectivity index (χ1) is 8.62. The van der Waals surface area contributed by atoms with Gasteiger partial charge in [0.1, 0.15) is 0 Å². The number of hydrogen-bond acceptors (Lipinski definition) is 3. The van der Waals surface area contributed by atoms with E-state index in [1.54, 1.807) is 0 Å². The third-order valence-corrected chi connectivity index (χ3v) is 4.64. The van der Waals surface area contributed by atoms with Crippen LogP contribution in [-0.4, -0.2) is 30.3 Å². The van der Waals surface area contributed by atoms with Crippen LogP contribution in [0.4, 0.5) is 0 Å². The van der Waals surface area contributed by atoms with Crippen LogP contribution in [0.25, 0.3) is 0 Å². The maximum Gasteiger partial charge on any atom is 0.0635 e. The van der Waals surface area contributed by atoms with Crippen LogP contribution in [0, 0.1) is 22.7 Å². The predicted octanol–water partition coefficient (Wildman–Crippen LogP) is 3.74. The van der Waals surface area contributed by atoms with E-state index in [9.17, 15) is 0 Å². The van der Waals surface area contributed by atoms with Gasteiger partial charge in [0.2, 0.25) is 0 Å². The second-order valence-electron chi connectivity index (χ2n) is 6.26. The molecule has 0 N–H and O–H groups in total. The molecule has 0 saturated heterocycles. The zero-order valence-electron chi connectivity index (χ0n) is 12.0. The number of thiol groups is 1. The fourth-order valence-corrected chi connectivity index (χ4v) is 3.52. The quantitative estimate of drug-likeness (QED) is 0.712. The van der Waals surface area contributed by atoms with E-state index in [0.29, 0.717) is 17.8 Å². The van der Waals surface area contributed by atoms with Crippen molar-refractivity contribution in [2.45, 2.75) is 52.4 Å². The maximum atomic E-state index is 8.78. The highest BCUT2D eigenvalue weighted by atomic mass is 32.1. The lowest BCUT2D eigenvalue weighted by molar-refractivity contribution is 0.118. The minimum absolute atomic E-state index is 0.408. The summed E-state index contributed by atoms with van der Waals surface area (Å²) in [6, 6.07) is 2.28. The Kier molecular flexibility index (Phi) is 7.11. The van der Waals surface area contributed by atoms with Gasteiger partial charge in [-0.1, -0.05) is 33.1 Å². The first-order valence-corrected chi connectivity index (χ1v) is 7.95. The molecule has 18 heavy (non-hydrogen) atoms. The first kappa shape index (κ1) is 15.9. The van der Waals surface area contributed by atoms with Gasteiger partial charge in [0.15, 0.2) is 0 Å². The van der Waals surface area contributed by atoms with Gasteiger partial charge in [-0.3, -0.25) is 0 Å². The third kappa shape index (κ3) is 5.20. The molecule has 0 atom stereocenters. The summed E-state index contributed by atoms with van der Waals surface area (Å²) in [4.78, 5) is 2.50. The molecule has 1 saturated carbocycles. The van der Waals surface area contributed by atoms with Crippen molar-refractivity contribution >= 4 is 12.6 Å². The van der Waals surface area contributed by atoms with Crippen LogP contribution >= 0.6 is 12.6 Å². The molecule has 0 radical (unpaired) electrons. The van der Waals surface area contributed by atoms with E-state index < -0.39 is 0 Å². The summed E-state index contributed by atoms with van der Waals surface area (Å²) in [5.41, 5.74) is 0.408. The summed E-state index contributed by atoms with van der Waals surface area (Å²) in [7, 11) is 0. The van der Waals surface area contributed by atoms with E-state index in [1.807, 2.05) is 0 Å². The zero-order valence-corrected chi connectivity index (χ0v) is 12.9. The summed E-state index contributed by atoms with van der Waals surface area (Å²) in [5.74, 6) is 1.66. The second-order valence-corrected chi connectivity index (χ2v) is 6.57. The van der Waals surface area contributed by atoms with Crippen LogP contribution < -0.4 is 0 Å². The van der Waals surface area contributed by atoms with Gasteiger partial charge in [0.25, 0.3) is 0 Å². The van der Waals surface area contributed by atoms with E-state index in [4.69, 9.17) is 5.26 Å². The van der Waals surface area contributed by atoms with Crippen LogP contribution in [0.3, 0.4) is 0 Å². The number of nitriles is 1. The van der Waals surface area contributed by atoms with Gasteiger partial charge in [0.05, 0.1) is 6.07 Å². The van der Waals surface area contributed by atoms with E-state index in [2.05, 4.69) is 37.4 Å². The zero-order chi connectivity index (χ0) is 13.4. The number of hydrogen-bond donors (Lipinski definition) is 1. The minimum Gasteiger partial charge on any atom is -0.301 e. The Bertz CT molecular complexity index is 264. The molecule has 0 bridgehead atoms. The van der Waals surface area contributed by atoms with Gasteiger partial charge < -0.3 is 4.90 Å². The van der Waals surface area contributed by atoms with Gasteiger partial charge >= 0.3 is 0 Å². The van der Waals surface area contributed by atoms with Gasteiger partial charge in [-0.05, 0) is 29.9 Å². The van der Waals surface area contributed by atoms with Crippen molar-refractivity contribution in [1.29, 1.82) is 5.26 Å². The summed E-state index contributed by atoms with van der Waals surface area (Å²) in [6.45, 7) is 7.68. The average Bonchev–Trinajstić information content (AvgIpc) is 2.36. The molecular formula is C15H28N2S. The summed E-state index contributed by atoms with van der Waals surface area (Å²) in [5, 5.41) is 8.78. The predicted molar refractivity (Wildman–Crippen MR) is 80.9 cm³/mol. The van der Waals surface area contributed by atoms with Crippen molar-refractivity contribution in [3.05, 3.63) is 0 Å². The molecule has 0 amide bonds. The van der Waals surface area contributed by atoms with Gasteiger partial charge in [-0.15, -0.1) is 0 Å². The van der Waals surface area contributed by atoms with Crippen LogP contribution in [0.5, 0.6) is 0 Å². The lowest BCUT2D eigenvalue weighted by Crippen LogP contribution is -2.42. The summed E-state index contributed by atoms with van der Waals surface area (Å²) >= 11 is 4.61. The second kappa shape index (κ2) is 8.07. The standard InChI is InChI=1S/C15H28N2S/c1-14(2)11-17(10-6-9-16)12-15(13-18)7-4-3-5-8-15/h14,18H,3-8,10-13H2,1-2H3. The van der Waals surface area contributed by atoms with E-state index in [-0.39, 0.29) is 0 Å². The highest BCUT2D eigenvalue weighted by Crippen LogP contribution is 2.38. The maximum absolute atomic E-state index is 8.78. The smallest absolute Gasteiger partial charge is 0.0635 e.